The predicted molar refractivity (Wildman–Crippen MR) is 77.2 cm³/mol. The Morgan fingerprint density at radius 3 is 2.89 bits per heavy atom. The van der Waals surface area contributed by atoms with Crippen LogP contribution in [0.25, 0.3) is 0 Å². The third-order valence-electron chi connectivity index (χ3n) is 3.78. The van der Waals surface area contributed by atoms with Crippen molar-refractivity contribution < 1.29 is 9.53 Å². The summed E-state index contributed by atoms with van der Waals surface area (Å²) in [5, 5.41) is 3.44. The lowest BCUT2D eigenvalue weighted by Gasteiger charge is -2.21. The number of ether oxygens (including phenoxy) is 1. The summed E-state index contributed by atoms with van der Waals surface area (Å²) in [6, 6.07) is 5.74. The monoisotopic (exact) mass is 262 g/mol. The van der Waals surface area contributed by atoms with Crippen LogP contribution in [0.4, 0.5) is 11.4 Å². The number of hydrogen-bond acceptors (Lipinski definition) is 4. The van der Waals surface area contributed by atoms with E-state index in [2.05, 4.69) is 12.2 Å². The van der Waals surface area contributed by atoms with E-state index >= 15 is 0 Å². The van der Waals surface area contributed by atoms with Crippen molar-refractivity contribution in [1.29, 1.82) is 0 Å². The lowest BCUT2D eigenvalue weighted by Crippen LogP contribution is -2.24. The second kappa shape index (κ2) is 5.95. The molecule has 1 saturated carbocycles. The average molecular weight is 262 g/mol. The van der Waals surface area contributed by atoms with Gasteiger partial charge in [0.25, 0.3) is 0 Å². The SMILES string of the molecule is CCOC(=O)c1cccc(N)c1NC1CCCC1C. The van der Waals surface area contributed by atoms with Crippen molar-refractivity contribution in [3.05, 3.63) is 23.8 Å². The highest BCUT2D eigenvalue weighted by atomic mass is 16.5. The number of carbonyl (C=O) groups excluding carboxylic acids is 1. The minimum Gasteiger partial charge on any atom is -0.462 e. The van der Waals surface area contributed by atoms with Crippen LogP contribution in [-0.4, -0.2) is 18.6 Å². The lowest BCUT2D eigenvalue weighted by molar-refractivity contribution is 0.0527. The lowest BCUT2D eigenvalue weighted by atomic mass is 10.0. The van der Waals surface area contributed by atoms with Crippen molar-refractivity contribution in [1.82, 2.24) is 0 Å². The molecular formula is C15H22N2O2. The molecule has 0 aliphatic heterocycles. The van der Waals surface area contributed by atoms with Crippen LogP contribution >= 0.6 is 0 Å². The van der Waals surface area contributed by atoms with E-state index in [1.165, 1.54) is 12.8 Å². The smallest absolute Gasteiger partial charge is 0.340 e. The first-order valence-electron chi connectivity index (χ1n) is 6.95. The highest BCUT2D eigenvalue weighted by Gasteiger charge is 2.25. The zero-order chi connectivity index (χ0) is 13.8. The molecule has 0 radical (unpaired) electrons. The Morgan fingerprint density at radius 2 is 2.26 bits per heavy atom. The van der Waals surface area contributed by atoms with Crippen molar-refractivity contribution >= 4 is 17.3 Å². The third-order valence-corrected chi connectivity index (χ3v) is 3.78. The van der Waals surface area contributed by atoms with E-state index in [0.29, 0.717) is 29.8 Å². The number of nitrogens with two attached hydrogens (primary N) is 1. The molecule has 2 unspecified atom stereocenters. The topological polar surface area (TPSA) is 64.3 Å². The van der Waals surface area contributed by atoms with Gasteiger partial charge in [-0.15, -0.1) is 0 Å². The predicted octanol–water partition coefficient (Wildman–Crippen LogP) is 3.05. The van der Waals surface area contributed by atoms with Crippen LogP contribution in [0, 0.1) is 5.92 Å². The van der Waals surface area contributed by atoms with Crippen molar-refractivity contribution in [2.75, 3.05) is 17.7 Å². The van der Waals surface area contributed by atoms with Gasteiger partial charge in [-0.25, -0.2) is 4.79 Å². The number of hydrogen-bond donors (Lipinski definition) is 2. The third kappa shape index (κ3) is 3.00. The fourth-order valence-electron chi connectivity index (χ4n) is 2.66. The van der Waals surface area contributed by atoms with Gasteiger partial charge in [-0.05, 0) is 37.8 Å². The van der Waals surface area contributed by atoms with Crippen LogP contribution in [0.15, 0.2) is 18.2 Å². The highest BCUT2D eigenvalue weighted by molar-refractivity contribution is 5.98. The summed E-state index contributed by atoms with van der Waals surface area (Å²) in [5.74, 6) is 0.289. The maximum Gasteiger partial charge on any atom is 0.340 e. The fraction of sp³-hybridized carbons (Fsp3) is 0.533. The molecule has 4 heteroatoms. The zero-order valence-corrected chi connectivity index (χ0v) is 11.6. The maximum absolute atomic E-state index is 12.0. The quantitative estimate of drug-likeness (QED) is 0.646. The van der Waals surface area contributed by atoms with Gasteiger partial charge in [0.15, 0.2) is 0 Å². The largest absolute Gasteiger partial charge is 0.462 e. The van der Waals surface area contributed by atoms with E-state index in [1.54, 1.807) is 19.1 Å². The molecule has 3 N–H and O–H groups in total. The Morgan fingerprint density at radius 1 is 1.47 bits per heavy atom. The Balaban J connectivity index is 2.24. The van der Waals surface area contributed by atoms with Crippen molar-refractivity contribution in [2.45, 2.75) is 39.2 Å². The number of anilines is 2. The first-order valence-corrected chi connectivity index (χ1v) is 6.95. The van der Waals surface area contributed by atoms with Crippen molar-refractivity contribution in [3.63, 3.8) is 0 Å². The van der Waals surface area contributed by atoms with Gasteiger partial charge in [-0.3, -0.25) is 0 Å². The van der Waals surface area contributed by atoms with Gasteiger partial charge in [-0.2, -0.15) is 0 Å². The van der Waals surface area contributed by atoms with E-state index < -0.39 is 0 Å². The molecule has 1 aromatic carbocycles. The molecule has 1 aliphatic rings. The number of rotatable bonds is 4. The molecule has 0 saturated heterocycles. The molecule has 1 fully saturated rings. The second-order valence-electron chi connectivity index (χ2n) is 5.15. The minimum absolute atomic E-state index is 0.317. The van der Waals surface area contributed by atoms with Gasteiger partial charge < -0.3 is 15.8 Å². The van der Waals surface area contributed by atoms with Gasteiger partial charge >= 0.3 is 5.97 Å². The Kier molecular flexibility index (Phi) is 4.30. The average Bonchev–Trinajstić information content (AvgIpc) is 2.78. The van der Waals surface area contributed by atoms with Crippen LogP contribution in [0.3, 0.4) is 0 Å². The van der Waals surface area contributed by atoms with E-state index in [4.69, 9.17) is 10.5 Å². The van der Waals surface area contributed by atoms with Gasteiger partial charge in [0.05, 0.1) is 23.5 Å². The Labute approximate surface area is 114 Å². The molecule has 1 aliphatic carbocycles. The Bertz CT molecular complexity index is 459. The standard InChI is InChI=1S/C15H22N2O2/c1-3-19-15(18)11-7-5-8-12(16)14(11)17-13-9-4-6-10(13)2/h5,7-8,10,13,17H,3-4,6,9,16H2,1-2H3. The summed E-state index contributed by atoms with van der Waals surface area (Å²) in [7, 11) is 0. The Hall–Kier alpha value is -1.71. The van der Waals surface area contributed by atoms with E-state index in [9.17, 15) is 4.79 Å². The van der Waals surface area contributed by atoms with E-state index in [1.807, 2.05) is 6.07 Å². The van der Waals surface area contributed by atoms with Crippen molar-refractivity contribution in [2.24, 2.45) is 5.92 Å². The number of esters is 1. The molecular weight excluding hydrogens is 240 g/mol. The minimum atomic E-state index is -0.317. The maximum atomic E-state index is 12.0. The molecule has 0 aromatic heterocycles. The summed E-state index contributed by atoms with van der Waals surface area (Å²) < 4.78 is 5.08. The molecule has 0 bridgehead atoms. The van der Waals surface area contributed by atoms with Gasteiger partial charge in [0.1, 0.15) is 0 Å². The van der Waals surface area contributed by atoms with Gasteiger partial charge in [-0.1, -0.05) is 19.4 Å². The summed E-state index contributed by atoms with van der Waals surface area (Å²) in [4.78, 5) is 12.0. The molecule has 19 heavy (non-hydrogen) atoms. The van der Waals surface area contributed by atoms with Crippen LogP contribution in [0.1, 0.15) is 43.5 Å². The summed E-state index contributed by atoms with van der Waals surface area (Å²) >= 11 is 0. The normalized spacial score (nSPS) is 22.2. The fourth-order valence-corrected chi connectivity index (χ4v) is 2.66. The molecule has 1 aromatic rings. The summed E-state index contributed by atoms with van der Waals surface area (Å²) in [5.41, 5.74) is 7.86. The highest BCUT2D eigenvalue weighted by Crippen LogP contribution is 2.32. The zero-order valence-electron chi connectivity index (χ0n) is 11.6. The van der Waals surface area contributed by atoms with Gasteiger partial charge in [0.2, 0.25) is 0 Å². The van der Waals surface area contributed by atoms with Crippen LogP contribution < -0.4 is 11.1 Å². The van der Waals surface area contributed by atoms with Gasteiger partial charge in [0, 0.05) is 6.04 Å². The molecule has 0 amide bonds. The molecule has 0 spiro atoms. The number of para-hydroxylation sites is 1. The molecule has 104 valence electrons. The summed E-state index contributed by atoms with van der Waals surface area (Å²) in [6.45, 7) is 4.40. The van der Waals surface area contributed by atoms with Crippen molar-refractivity contribution in [3.8, 4) is 0 Å². The first kappa shape index (κ1) is 13.7. The first-order chi connectivity index (χ1) is 9.13. The van der Waals surface area contributed by atoms with Crippen LogP contribution in [0.2, 0.25) is 0 Å². The summed E-state index contributed by atoms with van der Waals surface area (Å²) in [6.07, 6.45) is 3.57. The molecule has 4 nitrogen and oxygen atoms in total. The van der Waals surface area contributed by atoms with Crippen LogP contribution in [-0.2, 0) is 4.74 Å². The number of nitrogen functional groups attached to an aromatic ring is 1. The van der Waals surface area contributed by atoms with Crippen LogP contribution in [0.5, 0.6) is 0 Å². The number of carbonyl (C=O) groups is 1. The molecule has 0 heterocycles. The second-order valence-corrected chi connectivity index (χ2v) is 5.15. The molecule has 2 rings (SSSR count). The van der Waals surface area contributed by atoms with E-state index in [-0.39, 0.29) is 5.97 Å². The number of benzene rings is 1. The number of nitrogens with one attached hydrogen (secondary N) is 1. The molecule has 2 atom stereocenters. The van der Waals surface area contributed by atoms with E-state index in [0.717, 1.165) is 12.1 Å².